The van der Waals surface area contributed by atoms with E-state index in [0.29, 0.717) is 23.0 Å². The van der Waals surface area contributed by atoms with Gasteiger partial charge >= 0.3 is 0 Å². The zero-order valence-electron chi connectivity index (χ0n) is 11.1. The Morgan fingerprint density at radius 2 is 2.15 bits per heavy atom. The van der Waals surface area contributed by atoms with Crippen LogP contribution in [0.2, 0.25) is 10.0 Å². The van der Waals surface area contributed by atoms with Crippen molar-refractivity contribution >= 4 is 41.5 Å². The number of nitrogens with one attached hydrogen (secondary N) is 2. The molecule has 1 aliphatic rings. The molecule has 2 N–H and O–H groups in total. The van der Waals surface area contributed by atoms with Crippen LogP contribution < -0.4 is 10.6 Å². The number of piperidine rings is 1. The fraction of sp³-hybridized carbons (Fsp3) is 0.500. The van der Waals surface area contributed by atoms with E-state index in [9.17, 15) is 4.79 Å². The molecular formula is C14H19Cl3N2O. The van der Waals surface area contributed by atoms with Crippen LogP contribution in [0.3, 0.4) is 0 Å². The minimum atomic E-state index is -0.0329. The minimum absolute atomic E-state index is 0. The second-order valence-electron chi connectivity index (χ2n) is 4.78. The predicted molar refractivity (Wildman–Crippen MR) is 86.1 cm³/mol. The molecule has 0 spiro atoms. The normalized spacial score (nSPS) is 18.2. The second kappa shape index (κ2) is 8.73. The van der Waals surface area contributed by atoms with E-state index in [0.717, 1.165) is 31.4 Å². The van der Waals surface area contributed by atoms with Crippen molar-refractivity contribution in [2.75, 3.05) is 13.1 Å². The first-order valence-electron chi connectivity index (χ1n) is 6.62. The Kier molecular flexibility index (Phi) is 7.67. The Balaban J connectivity index is 0.00000200. The number of benzene rings is 1. The van der Waals surface area contributed by atoms with E-state index in [1.807, 2.05) is 12.1 Å². The Hall–Kier alpha value is -0.480. The van der Waals surface area contributed by atoms with Crippen LogP contribution in [0.5, 0.6) is 0 Å². The monoisotopic (exact) mass is 336 g/mol. The Morgan fingerprint density at radius 3 is 2.80 bits per heavy atom. The van der Waals surface area contributed by atoms with E-state index in [1.165, 1.54) is 0 Å². The fourth-order valence-electron chi connectivity index (χ4n) is 2.24. The lowest BCUT2D eigenvalue weighted by atomic mass is 10.0. The second-order valence-corrected chi connectivity index (χ2v) is 5.62. The van der Waals surface area contributed by atoms with Gasteiger partial charge in [-0.05, 0) is 43.5 Å². The van der Waals surface area contributed by atoms with Gasteiger partial charge in [0.05, 0.1) is 6.04 Å². The lowest BCUT2D eigenvalue weighted by Crippen LogP contribution is -2.47. The molecule has 0 saturated carbocycles. The third-order valence-corrected chi connectivity index (χ3v) is 3.92. The molecule has 3 nitrogen and oxygen atoms in total. The van der Waals surface area contributed by atoms with Crippen molar-refractivity contribution in [2.24, 2.45) is 0 Å². The first-order chi connectivity index (χ1) is 9.16. The summed E-state index contributed by atoms with van der Waals surface area (Å²) in [5, 5.41) is 7.46. The van der Waals surface area contributed by atoms with Crippen LogP contribution in [0.25, 0.3) is 0 Å². The van der Waals surface area contributed by atoms with Gasteiger partial charge < -0.3 is 10.6 Å². The van der Waals surface area contributed by atoms with E-state index in [2.05, 4.69) is 10.6 Å². The van der Waals surface area contributed by atoms with Crippen molar-refractivity contribution in [3.05, 3.63) is 33.8 Å². The molecule has 1 saturated heterocycles. The summed E-state index contributed by atoms with van der Waals surface area (Å²) in [4.78, 5) is 11.9. The Morgan fingerprint density at radius 1 is 1.35 bits per heavy atom. The number of halogens is 3. The minimum Gasteiger partial charge on any atom is -0.354 e. The highest BCUT2D eigenvalue weighted by atomic mass is 35.5. The summed E-state index contributed by atoms with van der Waals surface area (Å²) in [5.74, 6) is 0.0878. The maximum atomic E-state index is 11.9. The number of amides is 1. The quantitative estimate of drug-likeness (QED) is 0.886. The van der Waals surface area contributed by atoms with Crippen molar-refractivity contribution < 1.29 is 4.79 Å². The highest BCUT2D eigenvalue weighted by Gasteiger charge is 2.19. The zero-order chi connectivity index (χ0) is 13.7. The topological polar surface area (TPSA) is 41.1 Å². The smallest absolute Gasteiger partial charge is 0.237 e. The molecule has 1 heterocycles. The lowest BCUT2D eigenvalue weighted by molar-refractivity contribution is -0.123. The van der Waals surface area contributed by atoms with Gasteiger partial charge in [-0.3, -0.25) is 4.79 Å². The standard InChI is InChI=1S/C14H18Cl2N2O.ClH/c15-11-5-4-10(12(16)9-11)6-8-18-14(19)13-3-1-2-7-17-13;/h4-5,9,13,17H,1-3,6-8H2,(H,18,19);1H. The number of hydrogen-bond acceptors (Lipinski definition) is 2. The summed E-state index contributed by atoms with van der Waals surface area (Å²) < 4.78 is 0. The maximum absolute atomic E-state index is 11.9. The summed E-state index contributed by atoms with van der Waals surface area (Å²) in [5.41, 5.74) is 1.00. The largest absolute Gasteiger partial charge is 0.354 e. The van der Waals surface area contributed by atoms with Gasteiger partial charge in [0.1, 0.15) is 0 Å². The van der Waals surface area contributed by atoms with Crippen LogP contribution in [0.1, 0.15) is 24.8 Å². The highest BCUT2D eigenvalue weighted by Crippen LogP contribution is 2.21. The van der Waals surface area contributed by atoms with Crippen molar-refractivity contribution in [3.8, 4) is 0 Å². The highest BCUT2D eigenvalue weighted by molar-refractivity contribution is 6.35. The third-order valence-electron chi connectivity index (χ3n) is 3.34. The molecule has 0 bridgehead atoms. The van der Waals surface area contributed by atoms with Gasteiger partial charge in [-0.1, -0.05) is 35.7 Å². The summed E-state index contributed by atoms with van der Waals surface area (Å²) in [6.07, 6.45) is 3.92. The lowest BCUT2D eigenvalue weighted by Gasteiger charge is -2.22. The number of hydrogen-bond donors (Lipinski definition) is 2. The van der Waals surface area contributed by atoms with Crippen LogP contribution in [-0.4, -0.2) is 25.0 Å². The van der Waals surface area contributed by atoms with Crippen LogP contribution in [0.4, 0.5) is 0 Å². The summed E-state index contributed by atoms with van der Waals surface area (Å²) in [7, 11) is 0. The molecule has 1 unspecified atom stereocenters. The van der Waals surface area contributed by atoms with Crippen molar-refractivity contribution in [1.29, 1.82) is 0 Å². The average molecular weight is 338 g/mol. The van der Waals surface area contributed by atoms with Crippen LogP contribution in [0, 0.1) is 0 Å². The maximum Gasteiger partial charge on any atom is 0.237 e. The molecule has 1 aromatic rings. The molecule has 0 radical (unpaired) electrons. The van der Waals surface area contributed by atoms with Gasteiger partial charge in [0.15, 0.2) is 0 Å². The molecule has 0 aliphatic carbocycles. The summed E-state index contributed by atoms with van der Waals surface area (Å²) in [6, 6.07) is 5.40. The molecule has 1 aromatic carbocycles. The molecular weight excluding hydrogens is 319 g/mol. The number of rotatable bonds is 4. The summed E-state index contributed by atoms with van der Waals surface area (Å²) >= 11 is 11.9. The van der Waals surface area contributed by atoms with Gasteiger partial charge in [0.25, 0.3) is 0 Å². The zero-order valence-corrected chi connectivity index (χ0v) is 13.5. The molecule has 1 atom stereocenters. The van der Waals surface area contributed by atoms with Gasteiger partial charge in [0, 0.05) is 16.6 Å². The van der Waals surface area contributed by atoms with E-state index in [1.54, 1.807) is 6.07 Å². The van der Waals surface area contributed by atoms with E-state index in [-0.39, 0.29) is 24.4 Å². The van der Waals surface area contributed by atoms with Gasteiger partial charge in [0.2, 0.25) is 5.91 Å². The van der Waals surface area contributed by atoms with E-state index < -0.39 is 0 Å². The van der Waals surface area contributed by atoms with Crippen molar-refractivity contribution in [2.45, 2.75) is 31.7 Å². The van der Waals surface area contributed by atoms with E-state index >= 15 is 0 Å². The van der Waals surface area contributed by atoms with Crippen LogP contribution in [-0.2, 0) is 11.2 Å². The molecule has 1 amide bonds. The SMILES string of the molecule is Cl.O=C(NCCc1ccc(Cl)cc1Cl)C1CCCCN1. The first-order valence-corrected chi connectivity index (χ1v) is 7.37. The van der Waals surface area contributed by atoms with Gasteiger partial charge in [-0.25, -0.2) is 0 Å². The third kappa shape index (κ3) is 5.13. The molecule has 112 valence electrons. The fourth-order valence-corrected chi connectivity index (χ4v) is 2.75. The first kappa shape index (κ1) is 17.6. The van der Waals surface area contributed by atoms with Crippen LogP contribution in [0.15, 0.2) is 18.2 Å². The molecule has 6 heteroatoms. The molecule has 20 heavy (non-hydrogen) atoms. The Bertz CT molecular complexity index is 448. The van der Waals surface area contributed by atoms with Crippen LogP contribution >= 0.6 is 35.6 Å². The number of carbonyl (C=O) groups excluding carboxylic acids is 1. The molecule has 2 rings (SSSR count). The van der Waals surface area contributed by atoms with E-state index in [4.69, 9.17) is 23.2 Å². The predicted octanol–water partition coefficient (Wildman–Crippen LogP) is 3.22. The Labute approximate surface area is 135 Å². The molecule has 1 aliphatic heterocycles. The van der Waals surface area contributed by atoms with Crippen molar-refractivity contribution in [3.63, 3.8) is 0 Å². The molecule has 0 aromatic heterocycles. The van der Waals surface area contributed by atoms with Crippen molar-refractivity contribution in [1.82, 2.24) is 10.6 Å². The number of carbonyl (C=O) groups is 1. The summed E-state index contributed by atoms with van der Waals surface area (Å²) in [6.45, 7) is 1.53. The van der Waals surface area contributed by atoms with Gasteiger partial charge in [-0.15, -0.1) is 12.4 Å². The molecule has 1 fully saturated rings. The van der Waals surface area contributed by atoms with Gasteiger partial charge in [-0.2, -0.15) is 0 Å². The average Bonchev–Trinajstić information content (AvgIpc) is 2.42.